The summed E-state index contributed by atoms with van der Waals surface area (Å²) >= 11 is 0. The summed E-state index contributed by atoms with van der Waals surface area (Å²) < 4.78 is 0. The van der Waals surface area contributed by atoms with Crippen molar-refractivity contribution in [1.82, 2.24) is 9.97 Å². The van der Waals surface area contributed by atoms with Crippen LogP contribution in [0.3, 0.4) is 0 Å². The monoisotopic (exact) mass is 206 g/mol. The average molecular weight is 206 g/mol. The van der Waals surface area contributed by atoms with Gasteiger partial charge in [-0.3, -0.25) is 0 Å². The second kappa shape index (κ2) is 6.14. The molecule has 0 saturated heterocycles. The fourth-order valence-corrected chi connectivity index (χ4v) is 1.13. The van der Waals surface area contributed by atoms with Gasteiger partial charge in [0.05, 0.1) is 0 Å². The first-order chi connectivity index (χ1) is 7.24. The van der Waals surface area contributed by atoms with Crippen LogP contribution in [0.15, 0.2) is 24.5 Å². The van der Waals surface area contributed by atoms with Crippen molar-refractivity contribution < 1.29 is 0 Å². The topological polar surface area (TPSA) is 63.8 Å². The Hall–Kier alpha value is -1.42. The van der Waals surface area contributed by atoms with Crippen LogP contribution in [0.25, 0.3) is 0 Å². The van der Waals surface area contributed by atoms with Crippen molar-refractivity contribution in [1.29, 1.82) is 0 Å². The van der Waals surface area contributed by atoms with Gasteiger partial charge in [-0.15, -0.1) is 0 Å². The number of anilines is 1. The highest BCUT2D eigenvalue weighted by Gasteiger charge is 2.01. The molecule has 0 spiro atoms. The zero-order valence-corrected chi connectivity index (χ0v) is 9.27. The summed E-state index contributed by atoms with van der Waals surface area (Å²) in [4.78, 5) is 8.33. The third-order valence-corrected chi connectivity index (χ3v) is 1.98. The summed E-state index contributed by atoms with van der Waals surface area (Å²) in [6.45, 7) is 5.54. The largest absolute Gasteiger partial charge is 0.366 e. The second-order valence-corrected chi connectivity index (χ2v) is 3.57. The third kappa shape index (κ3) is 4.08. The molecule has 0 aromatic carbocycles. The van der Waals surface area contributed by atoms with E-state index in [1.54, 1.807) is 6.33 Å². The molecule has 4 heteroatoms. The predicted octanol–water partition coefficient (Wildman–Crippen LogP) is 1.53. The molecule has 1 rings (SSSR count). The summed E-state index contributed by atoms with van der Waals surface area (Å²) in [7, 11) is 0. The summed E-state index contributed by atoms with van der Waals surface area (Å²) in [5, 5.41) is 3.18. The third-order valence-electron chi connectivity index (χ3n) is 1.98. The highest BCUT2D eigenvalue weighted by atomic mass is 15.0. The van der Waals surface area contributed by atoms with E-state index in [0.717, 1.165) is 18.1 Å². The van der Waals surface area contributed by atoms with Crippen LogP contribution in [0.5, 0.6) is 0 Å². The van der Waals surface area contributed by atoms with Crippen LogP contribution < -0.4 is 11.1 Å². The van der Waals surface area contributed by atoms with Gasteiger partial charge < -0.3 is 11.1 Å². The highest BCUT2D eigenvalue weighted by molar-refractivity contribution is 5.36. The minimum atomic E-state index is 0.424. The van der Waals surface area contributed by atoms with Crippen molar-refractivity contribution in [3.63, 3.8) is 0 Å². The Morgan fingerprint density at radius 3 is 2.87 bits per heavy atom. The molecular weight excluding hydrogens is 188 g/mol. The quantitative estimate of drug-likeness (QED) is 0.717. The molecule has 82 valence electrons. The van der Waals surface area contributed by atoms with Crippen molar-refractivity contribution in [3.8, 4) is 0 Å². The standard InChI is InChI=1S/C11H18N4/c1-9(2)10-7-11(15-8-14-10)13-6-4-3-5-12/h3-4,7-9H,5-6,12H2,1-2H3,(H,13,14,15)/b4-3+. The Morgan fingerprint density at radius 2 is 2.20 bits per heavy atom. The molecule has 0 aliphatic rings. The second-order valence-electron chi connectivity index (χ2n) is 3.57. The Morgan fingerprint density at radius 1 is 1.40 bits per heavy atom. The van der Waals surface area contributed by atoms with Gasteiger partial charge >= 0.3 is 0 Å². The van der Waals surface area contributed by atoms with E-state index in [1.807, 2.05) is 18.2 Å². The van der Waals surface area contributed by atoms with Gasteiger partial charge in [0.15, 0.2) is 0 Å². The molecule has 0 aliphatic carbocycles. The van der Waals surface area contributed by atoms with Gasteiger partial charge in [-0.2, -0.15) is 0 Å². The molecule has 0 bridgehead atoms. The SMILES string of the molecule is CC(C)c1cc(NC/C=C/CN)ncn1. The normalized spacial score (nSPS) is 11.2. The highest BCUT2D eigenvalue weighted by Crippen LogP contribution is 2.13. The van der Waals surface area contributed by atoms with E-state index >= 15 is 0 Å². The molecule has 1 aromatic heterocycles. The first-order valence-corrected chi connectivity index (χ1v) is 5.15. The zero-order valence-electron chi connectivity index (χ0n) is 9.27. The average Bonchev–Trinajstić information content (AvgIpc) is 2.25. The molecule has 0 amide bonds. The molecule has 0 fully saturated rings. The van der Waals surface area contributed by atoms with Crippen LogP contribution in [0.1, 0.15) is 25.5 Å². The molecule has 0 unspecified atom stereocenters. The van der Waals surface area contributed by atoms with Gasteiger partial charge in [0.25, 0.3) is 0 Å². The molecule has 0 saturated carbocycles. The summed E-state index contributed by atoms with van der Waals surface area (Å²) in [6, 6.07) is 1.97. The van der Waals surface area contributed by atoms with Crippen molar-refractivity contribution in [2.24, 2.45) is 5.73 Å². The lowest BCUT2D eigenvalue weighted by atomic mass is 10.1. The molecule has 0 atom stereocenters. The maximum Gasteiger partial charge on any atom is 0.129 e. The molecule has 0 radical (unpaired) electrons. The molecule has 3 N–H and O–H groups in total. The van der Waals surface area contributed by atoms with Gasteiger partial charge in [0.1, 0.15) is 12.1 Å². The van der Waals surface area contributed by atoms with E-state index in [2.05, 4.69) is 29.1 Å². The fourth-order valence-electron chi connectivity index (χ4n) is 1.13. The molecule has 15 heavy (non-hydrogen) atoms. The summed E-state index contributed by atoms with van der Waals surface area (Å²) in [6.07, 6.45) is 5.49. The van der Waals surface area contributed by atoms with Crippen molar-refractivity contribution in [3.05, 3.63) is 30.2 Å². The lowest BCUT2D eigenvalue weighted by Gasteiger charge is -2.06. The van der Waals surface area contributed by atoms with Crippen molar-refractivity contribution in [2.75, 3.05) is 18.4 Å². The minimum absolute atomic E-state index is 0.424. The van der Waals surface area contributed by atoms with E-state index < -0.39 is 0 Å². The Labute approximate surface area is 90.6 Å². The van der Waals surface area contributed by atoms with Crippen molar-refractivity contribution in [2.45, 2.75) is 19.8 Å². The Balaban J connectivity index is 2.54. The van der Waals surface area contributed by atoms with Crippen LogP contribution >= 0.6 is 0 Å². The summed E-state index contributed by atoms with van der Waals surface area (Å²) in [5.41, 5.74) is 6.38. The van der Waals surface area contributed by atoms with E-state index in [0.29, 0.717) is 12.5 Å². The predicted molar refractivity (Wildman–Crippen MR) is 62.8 cm³/mol. The van der Waals surface area contributed by atoms with Crippen molar-refractivity contribution >= 4 is 5.82 Å². The fraction of sp³-hybridized carbons (Fsp3) is 0.455. The van der Waals surface area contributed by atoms with Gasteiger partial charge in [-0.1, -0.05) is 26.0 Å². The van der Waals surface area contributed by atoms with Crippen LogP contribution in [0, 0.1) is 0 Å². The van der Waals surface area contributed by atoms with E-state index in [-0.39, 0.29) is 0 Å². The minimum Gasteiger partial charge on any atom is -0.366 e. The van der Waals surface area contributed by atoms with E-state index in [9.17, 15) is 0 Å². The van der Waals surface area contributed by atoms with Gasteiger partial charge in [-0.25, -0.2) is 9.97 Å². The van der Waals surface area contributed by atoms with Crippen LogP contribution in [-0.2, 0) is 0 Å². The zero-order chi connectivity index (χ0) is 11.1. The number of nitrogens with zero attached hydrogens (tertiary/aromatic N) is 2. The van der Waals surface area contributed by atoms with Gasteiger partial charge in [0, 0.05) is 24.8 Å². The van der Waals surface area contributed by atoms with Gasteiger partial charge in [0.2, 0.25) is 0 Å². The van der Waals surface area contributed by atoms with E-state index in [4.69, 9.17) is 5.73 Å². The smallest absolute Gasteiger partial charge is 0.129 e. The van der Waals surface area contributed by atoms with E-state index in [1.165, 1.54) is 0 Å². The molecule has 1 heterocycles. The number of nitrogens with two attached hydrogens (primary N) is 1. The lowest BCUT2D eigenvalue weighted by molar-refractivity contribution is 0.814. The number of hydrogen-bond acceptors (Lipinski definition) is 4. The maximum atomic E-state index is 5.33. The van der Waals surface area contributed by atoms with Crippen LogP contribution in [-0.4, -0.2) is 23.1 Å². The molecule has 4 nitrogen and oxygen atoms in total. The van der Waals surface area contributed by atoms with Crippen LogP contribution in [0.4, 0.5) is 5.82 Å². The molecule has 1 aromatic rings. The lowest BCUT2D eigenvalue weighted by Crippen LogP contribution is -2.04. The van der Waals surface area contributed by atoms with Crippen LogP contribution in [0.2, 0.25) is 0 Å². The number of aromatic nitrogens is 2. The van der Waals surface area contributed by atoms with Gasteiger partial charge in [-0.05, 0) is 5.92 Å². The maximum absolute atomic E-state index is 5.33. The number of hydrogen-bond donors (Lipinski definition) is 2. The Bertz CT molecular complexity index is 320. The summed E-state index contributed by atoms with van der Waals surface area (Å²) in [5.74, 6) is 1.28. The number of nitrogens with one attached hydrogen (secondary N) is 1. The molecular formula is C11H18N4. The molecule has 0 aliphatic heterocycles. The first-order valence-electron chi connectivity index (χ1n) is 5.15. The Kier molecular flexibility index (Phi) is 4.77. The first kappa shape index (κ1) is 11.7. The number of rotatable bonds is 5.